The van der Waals surface area contributed by atoms with Gasteiger partial charge in [-0.3, -0.25) is 14.4 Å². The van der Waals surface area contributed by atoms with Crippen LogP contribution in [0.25, 0.3) is 11.1 Å². The van der Waals surface area contributed by atoms with Crippen LogP contribution in [0.2, 0.25) is 0 Å². The Bertz CT molecular complexity index is 958. The van der Waals surface area contributed by atoms with Crippen molar-refractivity contribution in [1.29, 1.82) is 0 Å². The molecule has 3 amide bonds. The average Bonchev–Trinajstić information content (AvgIpc) is 3.20. The van der Waals surface area contributed by atoms with Gasteiger partial charge in [0.25, 0.3) is 0 Å². The Morgan fingerprint density at radius 1 is 1.00 bits per heavy atom. The predicted molar refractivity (Wildman–Crippen MR) is 124 cm³/mol. The fourth-order valence-corrected chi connectivity index (χ4v) is 4.66. The Labute approximate surface area is 189 Å². The van der Waals surface area contributed by atoms with Crippen molar-refractivity contribution in [3.63, 3.8) is 0 Å². The lowest BCUT2D eigenvalue weighted by molar-refractivity contribution is -0.136. The van der Waals surface area contributed by atoms with E-state index in [0.29, 0.717) is 45.4 Å². The Hall–Kier alpha value is -3.15. The van der Waals surface area contributed by atoms with Gasteiger partial charge in [0.2, 0.25) is 17.7 Å². The molecule has 2 aromatic carbocycles. The van der Waals surface area contributed by atoms with Crippen molar-refractivity contribution in [2.45, 2.75) is 38.6 Å². The normalized spacial score (nSPS) is 21.4. The molecule has 0 saturated carbocycles. The zero-order chi connectivity index (χ0) is 22.5. The van der Waals surface area contributed by atoms with Crippen LogP contribution in [0.5, 0.6) is 0 Å². The first kappa shape index (κ1) is 22.1. The highest BCUT2D eigenvalue weighted by Crippen LogP contribution is 2.23. The summed E-state index contributed by atoms with van der Waals surface area (Å²) in [4.78, 5) is 41.6. The van der Waals surface area contributed by atoms with Crippen LogP contribution < -0.4 is 5.32 Å². The van der Waals surface area contributed by atoms with Crippen molar-refractivity contribution in [3.05, 3.63) is 60.2 Å². The summed E-state index contributed by atoms with van der Waals surface area (Å²) in [5.74, 6) is -0.305. The van der Waals surface area contributed by atoms with Crippen LogP contribution in [0, 0.1) is 5.92 Å². The first-order valence-electron chi connectivity index (χ1n) is 11.6. The van der Waals surface area contributed by atoms with E-state index in [0.717, 1.165) is 23.1 Å². The van der Waals surface area contributed by atoms with E-state index < -0.39 is 6.04 Å². The Morgan fingerprint density at radius 3 is 2.38 bits per heavy atom. The van der Waals surface area contributed by atoms with E-state index in [2.05, 4.69) is 48.6 Å². The maximum absolute atomic E-state index is 13.3. The summed E-state index contributed by atoms with van der Waals surface area (Å²) >= 11 is 0. The summed E-state index contributed by atoms with van der Waals surface area (Å²) < 4.78 is 0. The smallest absolute Gasteiger partial charge is 0.245 e. The molecule has 4 rings (SSSR count). The summed E-state index contributed by atoms with van der Waals surface area (Å²) in [5, 5.41) is 2.78. The fraction of sp³-hybridized carbons (Fsp3) is 0.423. The highest BCUT2D eigenvalue weighted by molar-refractivity contribution is 5.91. The van der Waals surface area contributed by atoms with E-state index >= 15 is 0 Å². The molecule has 0 aromatic heterocycles. The van der Waals surface area contributed by atoms with Gasteiger partial charge in [-0.25, -0.2) is 0 Å². The molecule has 0 aliphatic carbocycles. The zero-order valence-corrected chi connectivity index (χ0v) is 18.6. The molecule has 0 unspecified atom stereocenters. The number of nitrogens with zero attached hydrogens (tertiary/aromatic N) is 2. The molecule has 32 heavy (non-hydrogen) atoms. The summed E-state index contributed by atoms with van der Waals surface area (Å²) in [5.41, 5.74) is 3.39. The molecule has 1 N–H and O–H groups in total. The van der Waals surface area contributed by atoms with Gasteiger partial charge in [0, 0.05) is 32.6 Å². The third-order valence-corrected chi connectivity index (χ3v) is 6.38. The lowest BCUT2D eigenvalue weighted by Crippen LogP contribution is -2.46. The summed E-state index contributed by atoms with van der Waals surface area (Å²) in [6, 6.07) is 18.1. The molecule has 0 bridgehead atoms. The topological polar surface area (TPSA) is 69.7 Å². The van der Waals surface area contributed by atoms with E-state index in [1.165, 1.54) is 0 Å². The molecule has 2 aliphatic heterocycles. The highest BCUT2D eigenvalue weighted by Gasteiger charge is 2.36. The number of carbonyl (C=O) groups is 3. The molecule has 168 valence electrons. The van der Waals surface area contributed by atoms with Gasteiger partial charge in [-0.1, -0.05) is 61.5 Å². The van der Waals surface area contributed by atoms with E-state index in [-0.39, 0.29) is 23.6 Å². The zero-order valence-electron chi connectivity index (χ0n) is 18.6. The summed E-state index contributed by atoms with van der Waals surface area (Å²) in [7, 11) is 0. The second kappa shape index (κ2) is 9.98. The Kier molecular flexibility index (Phi) is 6.88. The van der Waals surface area contributed by atoms with Gasteiger partial charge in [0.05, 0.1) is 5.92 Å². The van der Waals surface area contributed by atoms with Gasteiger partial charge in [-0.15, -0.1) is 0 Å². The third-order valence-electron chi connectivity index (χ3n) is 6.38. The number of amides is 3. The van der Waals surface area contributed by atoms with Crippen molar-refractivity contribution in [1.82, 2.24) is 15.1 Å². The van der Waals surface area contributed by atoms with Crippen LogP contribution in [0.4, 0.5) is 0 Å². The number of hydrogen-bond acceptors (Lipinski definition) is 3. The summed E-state index contributed by atoms with van der Waals surface area (Å²) in [6.07, 6.45) is 2.40. The van der Waals surface area contributed by atoms with Crippen LogP contribution in [0.3, 0.4) is 0 Å². The van der Waals surface area contributed by atoms with Crippen LogP contribution >= 0.6 is 0 Å². The second-order valence-corrected chi connectivity index (χ2v) is 8.73. The van der Waals surface area contributed by atoms with E-state index in [4.69, 9.17) is 0 Å². The second-order valence-electron chi connectivity index (χ2n) is 8.73. The third kappa shape index (κ3) is 5.01. The number of benzene rings is 2. The van der Waals surface area contributed by atoms with Crippen molar-refractivity contribution in [2.24, 2.45) is 5.92 Å². The van der Waals surface area contributed by atoms with E-state index in [1.807, 2.05) is 23.1 Å². The van der Waals surface area contributed by atoms with E-state index in [9.17, 15) is 14.4 Å². The fourth-order valence-electron chi connectivity index (χ4n) is 4.66. The van der Waals surface area contributed by atoms with Crippen molar-refractivity contribution < 1.29 is 14.4 Å². The molecule has 6 heteroatoms. The van der Waals surface area contributed by atoms with Crippen LogP contribution in [0.1, 0.15) is 31.7 Å². The molecule has 2 aliphatic rings. The molecule has 2 saturated heterocycles. The number of hydrogen-bond donors (Lipinski definition) is 1. The molecule has 0 radical (unpaired) electrons. The largest absolute Gasteiger partial charge is 0.344 e. The average molecular weight is 434 g/mol. The molecular weight excluding hydrogens is 402 g/mol. The molecule has 0 spiro atoms. The molecule has 2 fully saturated rings. The van der Waals surface area contributed by atoms with E-state index in [1.54, 1.807) is 4.90 Å². The van der Waals surface area contributed by atoms with Crippen LogP contribution in [-0.2, 0) is 20.8 Å². The lowest BCUT2D eigenvalue weighted by Gasteiger charge is -2.26. The number of rotatable bonds is 6. The molecule has 2 aromatic rings. The molecular formula is C26H31N3O3. The predicted octanol–water partition coefficient (Wildman–Crippen LogP) is 2.87. The first-order valence-corrected chi connectivity index (χ1v) is 11.6. The van der Waals surface area contributed by atoms with Gasteiger partial charge < -0.3 is 15.1 Å². The van der Waals surface area contributed by atoms with Gasteiger partial charge in [0.1, 0.15) is 6.04 Å². The molecule has 2 heterocycles. The first-order chi connectivity index (χ1) is 15.5. The minimum atomic E-state index is -0.457. The number of carbonyl (C=O) groups excluding carboxylic acids is 3. The maximum Gasteiger partial charge on any atom is 0.245 e. The Balaban J connectivity index is 1.50. The van der Waals surface area contributed by atoms with Crippen molar-refractivity contribution in [2.75, 3.05) is 26.2 Å². The number of nitrogens with one attached hydrogen (secondary N) is 1. The maximum atomic E-state index is 13.3. The minimum absolute atomic E-state index is 0.0635. The monoisotopic (exact) mass is 433 g/mol. The minimum Gasteiger partial charge on any atom is -0.344 e. The van der Waals surface area contributed by atoms with Gasteiger partial charge in [-0.05, 0) is 36.0 Å². The SMILES string of the molecule is CCCN1CCN(C(=O)[C@H]2CCC(=O)N2)C[C@H](Cc2ccc(-c3ccccc3)cc2)C1=O. The standard InChI is InChI=1S/C26H31N3O3/c1-2-14-28-15-16-29(26(32)23-12-13-24(30)27-23)18-22(25(28)31)17-19-8-10-21(11-9-19)20-6-4-3-5-7-20/h3-11,22-23H,2,12-18H2,1H3,(H,27,30)/t22-,23+/m0/s1. The molecule has 6 nitrogen and oxygen atoms in total. The van der Waals surface area contributed by atoms with Crippen LogP contribution in [-0.4, -0.2) is 59.7 Å². The summed E-state index contributed by atoms with van der Waals surface area (Å²) in [6.45, 7) is 4.21. The highest BCUT2D eigenvalue weighted by atomic mass is 16.2. The van der Waals surface area contributed by atoms with Gasteiger partial charge in [0.15, 0.2) is 0 Å². The van der Waals surface area contributed by atoms with Crippen molar-refractivity contribution >= 4 is 17.7 Å². The lowest BCUT2D eigenvalue weighted by atomic mass is 9.95. The van der Waals surface area contributed by atoms with Gasteiger partial charge in [-0.2, -0.15) is 0 Å². The molecule has 2 atom stereocenters. The van der Waals surface area contributed by atoms with Crippen molar-refractivity contribution in [3.8, 4) is 11.1 Å². The Morgan fingerprint density at radius 2 is 1.72 bits per heavy atom. The van der Waals surface area contributed by atoms with Gasteiger partial charge >= 0.3 is 0 Å². The quantitative estimate of drug-likeness (QED) is 0.762. The van der Waals surface area contributed by atoms with Crippen LogP contribution in [0.15, 0.2) is 54.6 Å².